The molecule has 0 amide bonds. The van der Waals surface area contributed by atoms with E-state index in [1.165, 1.54) is 31.5 Å². The molecule has 3 aliphatic rings. The van der Waals surface area contributed by atoms with Gasteiger partial charge in [-0.1, -0.05) is 33.6 Å². The van der Waals surface area contributed by atoms with E-state index in [0.29, 0.717) is 17.6 Å². The third-order valence-corrected chi connectivity index (χ3v) is 4.36. The average Bonchev–Trinajstić information content (AvgIpc) is 2.93. The molecule has 0 aromatic rings. The highest BCUT2D eigenvalue weighted by atomic mass is 15.0. The molecule has 2 aliphatic heterocycles. The van der Waals surface area contributed by atoms with Crippen LogP contribution in [-0.2, 0) is 0 Å². The number of hydrogen-bond donors (Lipinski definition) is 1. The lowest BCUT2D eigenvalue weighted by atomic mass is 9.65. The number of H-pyrrole nitrogens is 1. The molecular formula is C16H20N5. The van der Waals surface area contributed by atoms with Gasteiger partial charge in [0.2, 0.25) is 5.82 Å². The highest BCUT2D eigenvalue weighted by Gasteiger charge is 2.38. The summed E-state index contributed by atoms with van der Waals surface area (Å²) in [6.07, 6.45) is 6.21. The molecule has 0 spiro atoms. The number of fused-ring (bicyclic) bond motifs is 1. The predicted octanol–water partition coefficient (Wildman–Crippen LogP) is 3.34. The van der Waals surface area contributed by atoms with Crippen molar-refractivity contribution < 1.29 is 0 Å². The van der Waals surface area contributed by atoms with Gasteiger partial charge in [0.25, 0.3) is 0 Å². The molecule has 5 nitrogen and oxygen atoms in total. The van der Waals surface area contributed by atoms with Crippen LogP contribution in [0.15, 0.2) is 6.33 Å². The summed E-state index contributed by atoms with van der Waals surface area (Å²) in [5, 5.41) is 9.18. The molecule has 1 saturated carbocycles. The number of imidazole rings is 1. The lowest BCUT2D eigenvalue weighted by molar-refractivity contribution is 0.209. The SMILES string of the molecule is CC(C)(C)C1CCCC[C]1c1[nH]c(C#N)nc2ncnc1-2. The van der Waals surface area contributed by atoms with Crippen molar-refractivity contribution in [1.29, 1.82) is 5.26 Å². The quantitative estimate of drug-likeness (QED) is 0.870. The summed E-state index contributed by atoms with van der Waals surface area (Å²) in [5.41, 5.74) is 1.96. The summed E-state index contributed by atoms with van der Waals surface area (Å²) >= 11 is 0. The van der Waals surface area contributed by atoms with E-state index in [1.807, 2.05) is 0 Å². The fraction of sp³-hybridized carbons (Fsp3) is 0.562. The Bertz CT molecular complexity index is 646. The Morgan fingerprint density at radius 2 is 2.10 bits per heavy atom. The van der Waals surface area contributed by atoms with Crippen LogP contribution in [0.4, 0.5) is 0 Å². The first-order chi connectivity index (χ1) is 10.0. The number of hydrogen-bond acceptors (Lipinski definition) is 4. The monoisotopic (exact) mass is 282 g/mol. The minimum atomic E-state index is 0.200. The molecule has 1 radical (unpaired) electrons. The van der Waals surface area contributed by atoms with Gasteiger partial charge in [-0.05, 0) is 24.2 Å². The normalized spacial score (nSPS) is 20.6. The second-order valence-electron chi connectivity index (χ2n) is 6.81. The Hall–Kier alpha value is -1.96. The van der Waals surface area contributed by atoms with Gasteiger partial charge in [0.05, 0.1) is 5.69 Å². The summed E-state index contributed by atoms with van der Waals surface area (Å²) in [4.78, 5) is 15.9. The van der Waals surface area contributed by atoms with Crippen LogP contribution in [-0.4, -0.2) is 19.9 Å². The molecule has 21 heavy (non-hydrogen) atoms. The predicted molar refractivity (Wildman–Crippen MR) is 79.3 cm³/mol. The smallest absolute Gasteiger partial charge is 0.212 e. The zero-order valence-corrected chi connectivity index (χ0v) is 12.8. The molecule has 5 heteroatoms. The third kappa shape index (κ3) is 2.51. The Morgan fingerprint density at radius 1 is 1.29 bits per heavy atom. The summed E-state index contributed by atoms with van der Waals surface area (Å²) in [6.45, 7) is 6.84. The number of aromatic amines is 1. The van der Waals surface area contributed by atoms with Gasteiger partial charge in [-0.3, -0.25) is 0 Å². The second-order valence-corrected chi connectivity index (χ2v) is 6.81. The van der Waals surface area contributed by atoms with E-state index < -0.39 is 0 Å². The molecular weight excluding hydrogens is 262 g/mol. The molecule has 1 aliphatic carbocycles. The van der Waals surface area contributed by atoms with E-state index >= 15 is 0 Å². The summed E-state index contributed by atoms with van der Waals surface area (Å²) < 4.78 is 0. The molecule has 3 rings (SSSR count). The molecule has 0 bridgehead atoms. The molecule has 1 unspecified atom stereocenters. The van der Waals surface area contributed by atoms with Crippen LogP contribution in [0, 0.1) is 28.6 Å². The van der Waals surface area contributed by atoms with Gasteiger partial charge in [-0.2, -0.15) is 10.2 Å². The Morgan fingerprint density at radius 3 is 2.81 bits per heavy atom. The zero-order chi connectivity index (χ0) is 15.0. The fourth-order valence-corrected chi connectivity index (χ4v) is 3.38. The van der Waals surface area contributed by atoms with Crippen LogP contribution >= 0.6 is 0 Å². The molecule has 1 fully saturated rings. The molecule has 0 aromatic heterocycles. The van der Waals surface area contributed by atoms with Crippen molar-refractivity contribution in [3.8, 4) is 17.6 Å². The maximum atomic E-state index is 9.18. The van der Waals surface area contributed by atoms with Crippen LogP contribution in [0.1, 0.15) is 58.0 Å². The van der Waals surface area contributed by atoms with E-state index in [2.05, 4.69) is 46.8 Å². The van der Waals surface area contributed by atoms with E-state index in [9.17, 15) is 5.26 Å². The van der Waals surface area contributed by atoms with Crippen LogP contribution in [0.25, 0.3) is 11.5 Å². The average molecular weight is 282 g/mol. The van der Waals surface area contributed by atoms with Crippen molar-refractivity contribution in [3.63, 3.8) is 0 Å². The second kappa shape index (κ2) is 5.10. The number of nitriles is 1. The molecule has 0 saturated heterocycles. The molecule has 1 atom stereocenters. The van der Waals surface area contributed by atoms with Gasteiger partial charge < -0.3 is 4.98 Å². The number of nitrogens with zero attached hydrogens (tertiary/aromatic N) is 4. The van der Waals surface area contributed by atoms with Crippen LogP contribution < -0.4 is 0 Å². The summed E-state index contributed by atoms with van der Waals surface area (Å²) in [6, 6.07) is 2.09. The summed E-state index contributed by atoms with van der Waals surface area (Å²) in [5.74, 6) is 2.74. The lowest BCUT2D eigenvalue weighted by Gasteiger charge is -2.40. The first-order valence-electron chi connectivity index (χ1n) is 7.47. The largest absolute Gasteiger partial charge is 0.332 e. The number of rotatable bonds is 1. The Kier molecular flexibility index (Phi) is 3.40. The third-order valence-electron chi connectivity index (χ3n) is 4.36. The van der Waals surface area contributed by atoms with Crippen LogP contribution in [0.3, 0.4) is 0 Å². The highest BCUT2D eigenvalue weighted by molar-refractivity contribution is 5.59. The lowest BCUT2D eigenvalue weighted by Crippen LogP contribution is -2.31. The first-order valence-corrected chi connectivity index (χ1v) is 7.47. The minimum Gasteiger partial charge on any atom is -0.332 e. The van der Waals surface area contributed by atoms with Crippen molar-refractivity contribution in [2.45, 2.75) is 46.5 Å². The van der Waals surface area contributed by atoms with Crippen molar-refractivity contribution >= 4 is 0 Å². The molecule has 0 aromatic carbocycles. The zero-order valence-electron chi connectivity index (χ0n) is 12.8. The number of nitrogens with one attached hydrogen (secondary N) is 1. The van der Waals surface area contributed by atoms with Crippen LogP contribution in [0.2, 0.25) is 0 Å². The van der Waals surface area contributed by atoms with E-state index in [0.717, 1.165) is 17.8 Å². The summed E-state index contributed by atoms with van der Waals surface area (Å²) in [7, 11) is 0. The van der Waals surface area contributed by atoms with Gasteiger partial charge in [0.15, 0.2) is 5.82 Å². The van der Waals surface area contributed by atoms with Crippen molar-refractivity contribution in [1.82, 2.24) is 19.9 Å². The topological polar surface area (TPSA) is 78.2 Å². The molecule has 1 N–H and O–H groups in total. The van der Waals surface area contributed by atoms with E-state index in [1.54, 1.807) is 0 Å². The van der Waals surface area contributed by atoms with Crippen molar-refractivity contribution in [2.24, 2.45) is 11.3 Å². The minimum absolute atomic E-state index is 0.200. The van der Waals surface area contributed by atoms with Crippen molar-refractivity contribution in [3.05, 3.63) is 23.8 Å². The van der Waals surface area contributed by atoms with E-state index in [-0.39, 0.29) is 5.41 Å². The fourth-order valence-electron chi connectivity index (χ4n) is 3.38. The van der Waals surface area contributed by atoms with Crippen molar-refractivity contribution in [2.75, 3.05) is 0 Å². The standard InChI is InChI=1S/C16H20N5/c1-16(2,3)11-7-5-4-6-10(11)13-14-15(19-9-18-14)21-12(8-17)20-13/h9,11H,4-7H2,1-3H3,(H,18,19,20,21). The van der Waals surface area contributed by atoms with Gasteiger partial charge in [-0.25, -0.2) is 9.97 Å². The van der Waals surface area contributed by atoms with E-state index in [4.69, 9.17) is 0 Å². The van der Waals surface area contributed by atoms with Gasteiger partial charge >= 0.3 is 0 Å². The Balaban J connectivity index is 2.10. The molecule has 109 valence electrons. The molecule has 2 heterocycles. The van der Waals surface area contributed by atoms with Gasteiger partial charge in [-0.15, -0.1) is 0 Å². The maximum absolute atomic E-state index is 9.18. The van der Waals surface area contributed by atoms with Gasteiger partial charge in [0.1, 0.15) is 18.1 Å². The van der Waals surface area contributed by atoms with Gasteiger partial charge in [0, 0.05) is 5.92 Å². The number of aromatic nitrogens is 4. The maximum Gasteiger partial charge on any atom is 0.212 e. The Labute approximate surface area is 125 Å². The first kappa shape index (κ1) is 14.0. The van der Waals surface area contributed by atoms with Crippen LogP contribution in [0.5, 0.6) is 0 Å². The highest BCUT2D eigenvalue weighted by Crippen LogP contribution is 2.47.